The van der Waals surface area contributed by atoms with Gasteiger partial charge in [-0.25, -0.2) is 0 Å². The average molecular weight is 158 g/mol. The predicted molar refractivity (Wildman–Crippen MR) is 22.8 cm³/mol. The maximum absolute atomic E-state index is 2.36. The summed E-state index contributed by atoms with van der Waals surface area (Å²) in [5, 5.41) is 0. The smallest absolute Gasteiger partial charge is 0 e. The zero-order valence-corrected chi connectivity index (χ0v) is 6.82. The van der Waals surface area contributed by atoms with E-state index in [1.807, 2.05) is 0 Å². The van der Waals surface area contributed by atoms with Gasteiger partial charge in [-0.15, -0.1) is 0 Å². The van der Waals surface area contributed by atoms with Gasteiger partial charge in [0.15, 0.2) is 0 Å². The third kappa shape index (κ3) is 2.31. The van der Waals surface area contributed by atoms with E-state index in [0.717, 1.165) is 0 Å². The predicted octanol–water partition coefficient (Wildman–Crippen LogP) is 1.76. The first-order chi connectivity index (χ1) is 2.50. The van der Waals surface area contributed by atoms with Crippen molar-refractivity contribution < 1.29 is 32.7 Å². The molecule has 0 aromatic heterocycles. The van der Waals surface area contributed by atoms with Crippen molar-refractivity contribution in [1.29, 1.82) is 0 Å². The van der Waals surface area contributed by atoms with Crippen LogP contribution in [-0.2, 0) is 32.7 Å². The van der Waals surface area contributed by atoms with Crippen molar-refractivity contribution in [1.82, 2.24) is 0 Å². The molecular formula is C5H9Y-. The van der Waals surface area contributed by atoms with Crippen LogP contribution >= 0.6 is 0 Å². The molecule has 1 heteroatoms. The fourth-order valence-electron chi connectivity index (χ4n) is 0.722. The number of hydrogen-bond donors (Lipinski definition) is 0. The zero-order chi connectivity index (χ0) is 3.54. The minimum Gasteiger partial charge on any atom is -0.328 e. The van der Waals surface area contributed by atoms with Crippen LogP contribution in [0.4, 0.5) is 0 Å². The minimum atomic E-state index is 0. The molecule has 1 radical (unpaired) electrons. The average Bonchev–Trinajstić information content (AvgIpc) is 1.76. The van der Waals surface area contributed by atoms with Crippen molar-refractivity contribution >= 4 is 0 Å². The van der Waals surface area contributed by atoms with E-state index >= 15 is 0 Å². The van der Waals surface area contributed by atoms with Crippen LogP contribution in [0.1, 0.15) is 25.7 Å². The second kappa shape index (κ2) is 4.27. The van der Waals surface area contributed by atoms with Crippen LogP contribution in [0.3, 0.4) is 0 Å². The molecule has 0 aliphatic heterocycles. The van der Waals surface area contributed by atoms with Crippen LogP contribution in [0.15, 0.2) is 0 Å². The molecule has 0 amide bonds. The number of rotatable bonds is 0. The van der Waals surface area contributed by atoms with Gasteiger partial charge >= 0.3 is 0 Å². The van der Waals surface area contributed by atoms with Gasteiger partial charge in [0.2, 0.25) is 0 Å². The van der Waals surface area contributed by atoms with Gasteiger partial charge in [0.05, 0.1) is 0 Å². The fraction of sp³-hybridized carbons (Fsp3) is 0.800. The van der Waals surface area contributed by atoms with Crippen LogP contribution in [0, 0.1) is 6.42 Å². The standard InChI is InChI=1S/C5H9.Y/c1-2-4-5-3-1;/h1H,2-5H2;/q-1;. The Kier molecular flexibility index (Phi) is 5.05. The summed E-state index contributed by atoms with van der Waals surface area (Å²) >= 11 is 0. The fourth-order valence-corrected chi connectivity index (χ4v) is 0.722. The van der Waals surface area contributed by atoms with Crippen LogP contribution < -0.4 is 0 Å². The summed E-state index contributed by atoms with van der Waals surface area (Å²) in [4.78, 5) is 0. The van der Waals surface area contributed by atoms with E-state index in [2.05, 4.69) is 6.42 Å². The van der Waals surface area contributed by atoms with E-state index in [-0.39, 0.29) is 32.7 Å². The maximum Gasteiger partial charge on any atom is 0 e. The van der Waals surface area contributed by atoms with Crippen LogP contribution in [0.25, 0.3) is 0 Å². The second-order valence-corrected chi connectivity index (χ2v) is 1.57. The van der Waals surface area contributed by atoms with E-state index in [1.165, 1.54) is 25.7 Å². The molecule has 1 fully saturated rings. The molecule has 0 saturated heterocycles. The normalized spacial score (nSPS) is 20.0. The minimum absolute atomic E-state index is 0. The van der Waals surface area contributed by atoms with Crippen molar-refractivity contribution in [3.8, 4) is 0 Å². The van der Waals surface area contributed by atoms with Crippen molar-refractivity contribution in [2.45, 2.75) is 25.7 Å². The largest absolute Gasteiger partial charge is 0.328 e. The Bertz CT molecular complexity index is 15.5. The molecule has 0 nitrogen and oxygen atoms in total. The van der Waals surface area contributed by atoms with Crippen molar-refractivity contribution in [2.75, 3.05) is 0 Å². The first-order valence-corrected chi connectivity index (χ1v) is 2.32. The van der Waals surface area contributed by atoms with E-state index < -0.39 is 0 Å². The molecular weight excluding hydrogens is 149 g/mol. The number of hydrogen-bond acceptors (Lipinski definition) is 0. The molecule has 0 N–H and O–H groups in total. The van der Waals surface area contributed by atoms with E-state index in [9.17, 15) is 0 Å². The summed E-state index contributed by atoms with van der Waals surface area (Å²) in [5.74, 6) is 0. The molecule has 0 spiro atoms. The van der Waals surface area contributed by atoms with Crippen LogP contribution in [-0.4, -0.2) is 0 Å². The molecule has 0 unspecified atom stereocenters. The Morgan fingerprint density at radius 2 is 1.50 bits per heavy atom. The monoisotopic (exact) mass is 158 g/mol. The molecule has 0 aromatic carbocycles. The second-order valence-electron chi connectivity index (χ2n) is 1.57. The van der Waals surface area contributed by atoms with Gasteiger partial charge in [0.1, 0.15) is 0 Å². The molecule has 1 aliphatic rings. The Labute approximate surface area is 64.6 Å². The van der Waals surface area contributed by atoms with Gasteiger partial charge in [0, 0.05) is 32.7 Å². The molecule has 1 rings (SSSR count). The SMILES string of the molecule is [CH-]1CCCC1.[Y]. The molecule has 6 heavy (non-hydrogen) atoms. The summed E-state index contributed by atoms with van der Waals surface area (Å²) < 4.78 is 0. The van der Waals surface area contributed by atoms with Crippen molar-refractivity contribution in [3.05, 3.63) is 6.42 Å². The summed E-state index contributed by atoms with van der Waals surface area (Å²) in [6, 6.07) is 0. The van der Waals surface area contributed by atoms with Crippen LogP contribution in [0.2, 0.25) is 0 Å². The van der Waals surface area contributed by atoms with E-state index in [1.54, 1.807) is 0 Å². The summed E-state index contributed by atoms with van der Waals surface area (Å²) in [7, 11) is 0. The topological polar surface area (TPSA) is 0 Å². The first kappa shape index (κ1) is 7.10. The first-order valence-electron chi connectivity index (χ1n) is 2.32. The molecule has 0 atom stereocenters. The maximum atomic E-state index is 2.36. The van der Waals surface area contributed by atoms with Gasteiger partial charge in [-0.1, -0.05) is 12.8 Å². The summed E-state index contributed by atoms with van der Waals surface area (Å²) in [6.45, 7) is 0. The summed E-state index contributed by atoms with van der Waals surface area (Å²) in [6.07, 6.45) is 8.00. The molecule has 0 bridgehead atoms. The van der Waals surface area contributed by atoms with E-state index in [4.69, 9.17) is 0 Å². The third-order valence-electron chi connectivity index (χ3n) is 1.07. The van der Waals surface area contributed by atoms with Gasteiger partial charge in [-0.3, -0.25) is 0 Å². The Hall–Kier alpha value is 1.10. The Morgan fingerprint density at radius 3 is 1.67 bits per heavy atom. The Morgan fingerprint density at radius 1 is 1.00 bits per heavy atom. The Balaban J connectivity index is 0.000000250. The van der Waals surface area contributed by atoms with Crippen molar-refractivity contribution in [3.63, 3.8) is 0 Å². The van der Waals surface area contributed by atoms with Gasteiger partial charge in [-0.05, 0) is 0 Å². The molecule has 1 aliphatic carbocycles. The summed E-state index contributed by atoms with van der Waals surface area (Å²) in [5.41, 5.74) is 0. The zero-order valence-electron chi connectivity index (χ0n) is 3.98. The van der Waals surface area contributed by atoms with Gasteiger partial charge < -0.3 is 6.42 Å². The van der Waals surface area contributed by atoms with Gasteiger partial charge in [0.25, 0.3) is 0 Å². The van der Waals surface area contributed by atoms with Gasteiger partial charge in [-0.2, -0.15) is 12.8 Å². The molecule has 0 aromatic rings. The molecule has 0 heterocycles. The quantitative estimate of drug-likeness (QED) is 0.471. The molecule has 1 saturated carbocycles. The molecule has 33 valence electrons. The van der Waals surface area contributed by atoms with E-state index in [0.29, 0.717) is 0 Å². The van der Waals surface area contributed by atoms with Crippen LogP contribution in [0.5, 0.6) is 0 Å². The van der Waals surface area contributed by atoms with Crippen molar-refractivity contribution in [2.24, 2.45) is 0 Å². The third-order valence-corrected chi connectivity index (χ3v) is 1.07.